The lowest BCUT2D eigenvalue weighted by atomic mass is 10.0. The molecule has 0 saturated carbocycles. The molecule has 0 radical (unpaired) electrons. The molecule has 0 atom stereocenters. The van der Waals surface area contributed by atoms with Crippen molar-refractivity contribution in [1.29, 1.82) is 0 Å². The maximum atomic E-state index is 10.3. The lowest BCUT2D eigenvalue weighted by Crippen LogP contribution is -1.93. The second-order valence-corrected chi connectivity index (χ2v) is 10.6. The zero-order chi connectivity index (χ0) is 25.4. The van der Waals surface area contributed by atoms with Crippen molar-refractivity contribution in [3.63, 3.8) is 0 Å². The SMILES string of the molecule is CCCCCCCCCCCCCCCC.CCCCCCCCCCCCCCCC(=O)O. The molecule has 206 valence electrons. The number of hydrogen-bond acceptors (Lipinski definition) is 1. The van der Waals surface area contributed by atoms with Gasteiger partial charge in [0, 0.05) is 6.42 Å². The summed E-state index contributed by atoms with van der Waals surface area (Å²) in [5, 5.41) is 8.49. The monoisotopic (exact) mass is 483 g/mol. The molecule has 0 heterocycles. The van der Waals surface area contributed by atoms with E-state index in [-0.39, 0.29) is 0 Å². The third kappa shape index (κ3) is 38.7. The van der Waals surface area contributed by atoms with Gasteiger partial charge in [0.15, 0.2) is 0 Å². The summed E-state index contributed by atoms with van der Waals surface area (Å²) in [5.74, 6) is -0.655. The number of carboxylic acids is 1. The van der Waals surface area contributed by atoms with Crippen LogP contribution in [0.3, 0.4) is 0 Å². The Labute approximate surface area is 216 Å². The average molecular weight is 483 g/mol. The van der Waals surface area contributed by atoms with Gasteiger partial charge < -0.3 is 5.11 Å². The second-order valence-electron chi connectivity index (χ2n) is 10.6. The summed E-state index contributed by atoms with van der Waals surface area (Å²) < 4.78 is 0. The first-order valence-corrected chi connectivity index (χ1v) is 15.9. The van der Waals surface area contributed by atoms with Crippen molar-refractivity contribution in [1.82, 2.24) is 0 Å². The lowest BCUT2D eigenvalue weighted by Gasteiger charge is -2.02. The molecule has 0 rings (SSSR count). The standard InChI is InChI=1S/C16H32O2.C16H34/c1-2-3-4-5-6-7-8-9-10-11-12-13-14-15-16(17)18;1-3-5-7-9-11-13-15-16-14-12-10-8-6-4-2/h2-15H2,1H3,(H,17,18);3-16H2,1-2H3. The van der Waals surface area contributed by atoms with Crippen molar-refractivity contribution in [3.05, 3.63) is 0 Å². The van der Waals surface area contributed by atoms with Crippen LogP contribution in [-0.4, -0.2) is 11.1 Å². The van der Waals surface area contributed by atoms with Crippen molar-refractivity contribution in [2.45, 2.75) is 201 Å². The highest BCUT2D eigenvalue weighted by Gasteiger charge is 1.97. The predicted octanol–water partition coefficient (Wildman–Crippen LogP) is 12.0. The summed E-state index contributed by atoms with van der Waals surface area (Å²) in [6.07, 6.45) is 37.7. The Balaban J connectivity index is 0. The van der Waals surface area contributed by atoms with E-state index >= 15 is 0 Å². The molecule has 2 nitrogen and oxygen atoms in total. The normalized spacial score (nSPS) is 10.8. The van der Waals surface area contributed by atoms with E-state index in [0.717, 1.165) is 12.8 Å². The van der Waals surface area contributed by atoms with Crippen LogP contribution in [0.1, 0.15) is 201 Å². The molecule has 34 heavy (non-hydrogen) atoms. The summed E-state index contributed by atoms with van der Waals surface area (Å²) >= 11 is 0. The van der Waals surface area contributed by atoms with Gasteiger partial charge in [-0.25, -0.2) is 0 Å². The zero-order valence-corrected chi connectivity index (χ0v) is 24.2. The molecule has 0 aromatic heterocycles. The quantitative estimate of drug-likeness (QED) is 0.118. The minimum Gasteiger partial charge on any atom is -0.481 e. The highest BCUT2D eigenvalue weighted by atomic mass is 16.4. The number of rotatable bonds is 27. The van der Waals surface area contributed by atoms with E-state index in [1.165, 1.54) is 161 Å². The molecule has 0 aromatic carbocycles. The van der Waals surface area contributed by atoms with Crippen molar-refractivity contribution in [3.8, 4) is 0 Å². The predicted molar refractivity (Wildman–Crippen MR) is 154 cm³/mol. The van der Waals surface area contributed by atoms with E-state index in [0.29, 0.717) is 6.42 Å². The molecule has 0 aliphatic heterocycles. The zero-order valence-electron chi connectivity index (χ0n) is 24.2. The number of hydrogen-bond donors (Lipinski definition) is 1. The minimum atomic E-state index is -0.655. The molecule has 1 N–H and O–H groups in total. The van der Waals surface area contributed by atoms with Gasteiger partial charge >= 0.3 is 5.97 Å². The second kappa shape index (κ2) is 34.6. The van der Waals surface area contributed by atoms with Crippen LogP contribution in [0, 0.1) is 0 Å². The molecule has 0 aliphatic carbocycles. The largest absolute Gasteiger partial charge is 0.481 e. The van der Waals surface area contributed by atoms with Crippen LogP contribution in [-0.2, 0) is 4.79 Å². The van der Waals surface area contributed by atoms with Crippen LogP contribution < -0.4 is 0 Å². The molecule has 0 aliphatic rings. The molecule has 0 saturated heterocycles. The van der Waals surface area contributed by atoms with Gasteiger partial charge in [0.2, 0.25) is 0 Å². The molecular formula is C32H66O2. The van der Waals surface area contributed by atoms with E-state index in [9.17, 15) is 4.79 Å². The van der Waals surface area contributed by atoms with Crippen molar-refractivity contribution < 1.29 is 9.90 Å². The molecule has 2 heteroatoms. The summed E-state index contributed by atoms with van der Waals surface area (Å²) in [6.45, 7) is 6.84. The molecule has 0 bridgehead atoms. The van der Waals surface area contributed by atoms with Gasteiger partial charge in [-0.15, -0.1) is 0 Å². The molecule has 0 fully saturated rings. The Morgan fingerprint density at radius 1 is 0.353 bits per heavy atom. The average Bonchev–Trinajstić information content (AvgIpc) is 2.83. The van der Waals surface area contributed by atoms with Crippen LogP contribution in [0.5, 0.6) is 0 Å². The van der Waals surface area contributed by atoms with Gasteiger partial charge in [-0.3, -0.25) is 4.79 Å². The Hall–Kier alpha value is -0.530. The maximum Gasteiger partial charge on any atom is 0.303 e. The molecule has 0 aromatic rings. The summed E-state index contributed by atoms with van der Waals surface area (Å²) in [4.78, 5) is 10.3. The van der Waals surface area contributed by atoms with Gasteiger partial charge in [0.05, 0.1) is 0 Å². The highest BCUT2D eigenvalue weighted by molar-refractivity contribution is 5.66. The lowest BCUT2D eigenvalue weighted by molar-refractivity contribution is -0.137. The Morgan fingerprint density at radius 3 is 0.706 bits per heavy atom. The maximum absolute atomic E-state index is 10.3. The van der Waals surface area contributed by atoms with Gasteiger partial charge in [-0.05, 0) is 6.42 Å². The van der Waals surface area contributed by atoms with Crippen LogP contribution >= 0.6 is 0 Å². The van der Waals surface area contributed by atoms with Gasteiger partial charge in [-0.1, -0.05) is 188 Å². The van der Waals surface area contributed by atoms with E-state index < -0.39 is 5.97 Å². The van der Waals surface area contributed by atoms with Crippen LogP contribution in [0.25, 0.3) is 0 Å². The first-order valence-electron chi connectivity index (χ1n) is 15.9. The number of aliphatic carboxylic acids is 1. The van der Waals surface area contributed by atoms with Crippen molar-refractivity contribution in [2.24, 2.45) is 0 Å². The van der Waals surface area contributed by atoms with Crippen LogP contribution in [0.2, 0.25) is 0 Å². The van der Waals surface area contributed by atoms with E-state index in [1.807, 2.05) is 0 Å². The molecular weight excluding hydrogens is 416 g/mol. The first-order chi connectivity index (χ1) is 16.7. The van der Waals surface area contributed by atoms with E-state index in [2.05, 4.69) is 20.8 Å². The Morgan fingerprint density at radius 2 is 0.529 bits per heavy atom. The first kappa shape index (κ1) is 35.6. The van der Waals surface area contributed by atoms with Crippen molar-refractivity contribution in [2.75, 3.05) is 0 Å². The third-order valence-corrected chi connectivity index (χ3v) is 6.95. The molecule has 0 amide bonds. The van der Waals surface area contributed by atoms with Gasteiger partial charge in [-0.2, -0.15) is 0 Å². The smallest absolute Gasteiger partial charge is 0.303 e. The van der Waals surface area contributed by atoms with E-state index in [1.54, 1.807) is 0 Å². The van der Waals surface area contributed by atoms with Crippen molar-refractivity contribution >= 4 is 5.97 Å². The topological polar surface area (TPSA) is 37.3 Å². The fraction of sp³-hybridized carbons (Fsp3) is 0.969. The third-order valence-electron chi connectivity index (χ3n) is 6.95. The summed E-state index contributed by atoms with van der Waals surface area (Å²) in [5.41, 5.74) is 0. The van der Waals surface area contributed by atoms with E-state index in [4.69, 9.17) is 5.11 Å². The van der Waals surface area contributed by atoms with Crippen LogP contribution in [0.15, 0.2) is 0 Å². The Bertz CT molecular complexity index is 339. The molecule has 0 spiro atoms. The summed E-state index contributed by atoms with van der Waals surface area (Å²) in [7, 11) is 0. The number of unbranched alkanes of at least 4 members (excludes halogenated alkanes) is 25. The summed E-state index contributed by atoms with van der Waals surface area (Å²) in [6, 6.07) is 0. The number of carbonyl (C=O) groups is 1. The highest BCUT2D eigenvalue weighted by Crippen LogP contribution is 2.14. The molecule has 0 unspecified atom stereocenters. The number of carboxylic acid groups (broad SMARTS) is 1. The fourth-order valence-corrected chi connectivity index (χ4v) is 4.56. The van der Waals surface area contributed by atoms with Crippen LogP contribution in [0.4, 0.5) is 0 Å². The fourth-order valence-electron chi connectivity index (χ4n) is 4.56. The minimum absolute atomic E-state index is 0.345. The van der Waals surface area contributed by atoms with Gasteiger partial charge in [0.25, 0.3) is 0 Å². The Kier molecular flexibility index (Phi) is 36.3. The van der Waals surface area contributed by atoms with Gasteiger partial charge in [0.1, 0.15) is 0 Å².